The topological polar surface area (TPSA) is 55.6 Å². The lowest BCUT2D eigenvalue weighted by Gasteiger charge is -2.36. The highest BCUT2D eigenvalue weighted by Crippen LogP contribution is 2.32. The summed E-state index contributed by atoms with van der Waals surface area (Å²) in [5, 5.41) is 15.1. The summed E-state index contributed by atoms with van der Waals surface area (Å²) in [6, 6.07) is 6.85. The Labute approximate surface area is 125 Å². The molecule has 0 spiro atoms. The molecule has 1 aromatic carbocycles. The molecule has 5 nitrogen and oxygen atoms in total. The van der Waals surface area contributed by atoms with Gasteiger partial charge in [-0.05, 0) is 59.7 Å². The van der Waals surface area contributed by atoms with Crippen LogP contribution in [0.4, 0.5) is 5.69 Å². The Balaban J connectivity index is 1.86. The van der Waals surface area contributed by atoms with Crippen LogP contribution in [0.15, 0.2) is 24.5 Å². The van der Waals surface area contributed by atoms with Crippen LogP contribution in [0, 0.1) is 18.8 Å². The number of nitrogens with one attached hydrogen (secondary N) is 1. The van der Waals surface area contributed by atoms with Crippen LogP contribution < -0.4 is 5.32 Å². The first-order chi connectivity index (χ1) is 10.1. The molecule has 1 aromatic heterocycles. The van der Waals surface area contributed by atoms with Crippen LogP contribution in [0.1, 0.15) is 38.7 Å². The van der Waals surface area contributed by atoms with E-state index in [1.807, 2.05) is 6.07 Å². The van der Waals surface area contributed by atoms with E-state index in [1.165, 1.54) is 30.5 Å². The van der Waals surface area contributed by atoms with Gasteiger partial charge in [-0.25, -0.2) is 4.68 Å². The molecule has 1 N–H and O–H groups in total. The van der Waals surface area contributed by atoms with Crippen LogP contribution in [0.3, 0.4) is 0 Å². The highest BCUT2D eigenvalue weighted by atomic mass is 15.5. The number of tetrazole rings is 1. The molecule has 3 rings (SSSR count). The van der Waals surface area contributed by atoms with Crippen molar-refractivity contribution in [1.29, 1.82) is 0 Å². The molecule has 112 valence electrons. The van der Waals surface area contributed by atoms with E-state index >= 15 is 0 Å². The predicted octanol–water partition coefficient (Wildman–Crippen LogP) is 3.21. The summed E-state index contributed by atoms with van der Waals surface area (Å²) in [5.41, 5.74) is 3.44. The number of aryl methyl sites for hydroxylation is 1. The van der Waals surface area contributed by atoms with Crippen molar-refractivity contribution in [3.63, 3.8) is 0 Å². The molecule has 1 fully saturated rings. The van der Waals surface area contributed by atoms with E-state index < -0.39 is 0 Å². The number of anilines is 1. The van der Waals surface area contributed by atoms with Crippen molar-refractivity contribution in [2.45, 2.75) is 46.1 Å². The summed E-state index contributed by atoms with van der Waals surface area (Å²) < 4.78 is 1.69. The van der Waals surface area contributed by atoms with Gasteiger partial charge in [0.1, 0.15) is 6.33 Å². The quantitative estimate of drug-likeness (QED) is 0.941. The Morgan fingerprint density at radius 1 is 1.19 bits per heavy atom. The summed E-state index contributed by atoms with van der Waals surface area (Å²) in [7, 11) is 0. The third-order valence-electron chi connectivity index (χ3n) is 4.70. The molecule has 0 aliphatic heterocycles. The van der Waals surface area contributed by atoms with Crippen molar-refractivity contribution in [2.24, 2.45) is 11.8 Å². The zero-order valence-corrected chi connectivity index (χ0v) is 13.0. The van der Waals surface area contributed by atoms with E-state index in [-0.39, 0.29) is 0 Å². The summed E-state index contributed by atoms with van der Waals surface area (Å²) in [4.78, 5) is 0. The second kappa shape index (κ2) is 5.84. The lowest BCUT2D eigenvalue weighted by molar-refractivity contribution is 0.268. The minimum Gasteiger partial charge on any atom is -0.381 e. The molecule has 2 aromatic rings. The van der Waals surface area contributed by atoms with Crippen LogP contribution in [-0.2, 0) is 0 Å². The highest BCUT2D eigenvalue weighted by Gasteiger charge is 2.27. The first-order valence-corrected chi connectivity index (χ1v) is 7.75. The van der Waals surface area contributed by atoms with Gasteiger partial charge in [-0.1, -0.05) is 26.3 Å². The molecular formula is C16H23N5. The Morgan fingerprint density at radius 3 is 2.62 bits per heavy atom. The predicted molar refractivity (Wildman–Crippen MR) is 83.5 cm³/mol. The maximum atomic E-state index is 3.96. The first kappa shape index (κ1) is 14.0. The molecule has 1 heterocycles. The van der Waals surface area contributed by atoms with Gasteiger partial charge >= 0.3 is 0 Å². The van der Waals surface area contributed by atoms with Gasteiger partial charge in [-0.2, -0.15) is 0 Å². The molecule has 1 aliphatic carbocycles. The largest absolute Gasteiger partial charge is 0.381 e. The minimum atomic E-state index is 0.543. The number of benzene rings is 1. The van der Waals surface area contributed by atoms with Crippen molar-refractivity contribution < 1.29 is 0 Å². The molecule has 5 heteroatoms. The standard InChI is InChI=1S/C16H23N5/c1-11-7-8-14(21-10-17-19-20-21)9-15(11)18-16-12(2)5-4-6-13(16)3/h7-10,12-13,16,18H,4-6H2,1-3H3. The Morgan fingerprint density at radius 2 is 1.95 bits per heavy atom. The highest BCUT2D eigenvalue weighted by molar-refractivity contribution is 5.57. The fourth-order valence-electron chi connectivity index (χ4n) is 3.33. The van der Waals surface area contributed by atoms with Crippen molar-refractivity contribution in [3.05, 3.63) is 30.1 Å². The van der Waals surface area contributed by atoms with Crippen LogP contribution in [0.25, 0.3) is 5.69 Å². The fraction of sp³-hybridized carbons (Fsp3) is 0.562. The van der Waals surface area contributed by atoms with Crippen molar-refractivity contribution in [3.8, 4) is 5.69 Å². The lowest BCUT2D eigenvalue weighted by atomic mass is 9.78. The monoisotopic (exact) mass is 285 g/mol. The van der Waals surface area contributed by atoms with Crippen molar-refractivity contribution in [2.75, 3.05) is 5.32 Å². The van der Waals surface area contributed by atoms with Crippen molar-refractivity contribution >= 4 is 5.69 Å². The van der Waals surface area contributed by atoms with Crippen LogP contribution in [0.2, 0.25) is 0 Å². The number of aromatic nitrogens is 4. The van der Waals surface area contributed by atoms with E-state index in [0.29, 0.717) is 17.9 Å². The van der Waals surface area contributed by atoms with Crippen molar-refractivity contribution in [1.82, 2.24) is 20.2 Å². The second-order valence-electron chi connectivity index (χ2n) is 6.31. The Hall–Kier alpha value is -1.91. The van der Waals surface area contributed by atoms with Crippen LogP contribution in [0.5, 0.6) is 0 Å². The van der Waals surface area contributed by atoms with Gasteiger partial charge in [0.25, 0.3) is 0 Å². The number of rotatable bonds is 3. The third kappa shape index (κ3) is 2.91. The molecule has 1 aliphatic rings. The van der Waals surface area contributed by atoms with E-state index in [0.717, 1.165) is 5.69 Å². The summed E-state index contributed by atoms with van der Waals surface area (Å²) >= 11 is 0. The van der Waals surface area contributed by atoms with Gasteiger partial charge in [0, 0.05) is 11.7 Å². The smallest absolute Gasteiger partial charge is 0.143 e. The SMILES string of the molecule is Cc1ccc(-n2cnnn2)cc1NC1C(C)CCCC1C. The van der Waals surface area contributed by atoms with Gasteiger partial charge in [0.05, 0.1) is 5.69 Å². The van der Waals surface area contributed by atoms with Gasteiger partial charge in [0.2, 0.25) is 0 Å². The molecule has 2 atom stereocenters. The van der Waals surface area contributed by atoms with E-state index in [4.69, 9.17) is 0 Å². The number of nitrogens with zero attached hydrogens (tertiary/aromatic N) is 4. The average molecular weight is 285 g/mol. The summed E-state index contributed by atoms with van der Waals surface area (Å²) in [6.45, 7) is 6.85. The van der Waals surface area contributed by atoms with Gasteiger partial charge < -0.3 is 5.32 Å². The van der Waals surface area contributed by atoms with Crippen LogP contribution >= 0.6 is 0 Å². The maximum Gasteiger partial charge on any atom is 0.143 e. The van der Waals surface area contributed by atoms with E-state index in [2.05, 4.69) is 53.7 Å². The van der Waals surface area contributed by atoms with E-state index in [1.54, 1.807) is 11.0 Å². The Bertz CT molecular complexity index is 583. The van der Waals surface area contributed by atoms with Gasteiger partial charge in [0.15, 0.2) is 0 Å². The zero-order valence-electron chi connectivity index (χ0n) is 13.0. The molecular weight excluding hydrogens is 262 g/mol. The molecule has 0 radical (unpaired) electrons. The second-order valence-corrected chi connectivity index (χ2v) is 6.31. The zero-order chi connectivity index (χ0) is 14.8. The molecule has 0 amide bonds. The van der Waals surface area contributed by atoms with Crippen LogP contribution in [-0.4, -0.2) is 26.2 Å². The first-order valence-electron chi connectivity index (χ1n) is 7.75. The average Bonchev–Trinajstić information content (AvgIpc) is 2.99. The number of hydrogen-bond acceptors (Lipinski definition) is 4. The molecule has 21 heavy (non-hydrogen) atoms. The lowest BCUT2D eigenvalue weighted by Crippen LogP contribution is -2.37. The third-order valence-corrected chi connectivity index (χ3v) is 4.70. The van der Waals surface area contributed by atoms with Gasteiger partial charge in [-0.15, -0.1) is 5.10 Å². The molecule has 1 saturated carbocycles. The molecule has 0 saturated heterocycles. The Kier molecular flexibility index (Phi) is 3.90. The van der Waals surface area contributed by atoms with Gasteiger partial charge in [-0.3, -0.25) is 0 Å². The summed E-state index contributed by atoms with van der Waals surface area (Å²) in [6.07, 6.45) is 5.60. The molecule has 0 bridgehead atoms. The fourth-order valence-corrected chi connectivity index (χ4v) is 3.33. The van der Waals surface area contributed by atoms with E-state index in [9.17, 15) is 0 Å². The molecule has 2 unspecified atom stereocenters. The maximum absolute atomic E-state index is 3.96. The minimum absolute atomic E-state index is 0.543. The number of hydrogen-bond donors (Lipinski definition) is 1. The summed E-state index contributed by atoms with van der Waals surface area (Å²) in [5.74, 6) is 1.43. The normalized spacial score (nSPS) is 25.8.